The maximum absolute atomic E-state index is 10.2. The molecular formula is C7H5N3O4. The number of benzene rings is 1. The van der Waals surface area contributed by atoms with Crippen molar-refractivity contribution in [3.8, 4) is 6.57 Å². The zero-order chi connectivity index (χ0) is 11.1. The first kappa shape index (κ1) is 11.5. The Morgan fingerprint density at radius 2 is 1.29 bits per heavy atom. The summed E-state index contributed by atoms with van der Waals surface area (Å²) in [5.41, 5.74) is -0.968. The minimum absolute atomic E-state index is 0.484. The van der Waals surface area contributed by atoms with E-state index in [2.05, 4.69) is 6.57 Å². The normalized spacial score (nSPS) is 8.14. The third-order valence-corrected chi connectivity index (χ3v) is 1.28. The third kappa shape index (κ3) is 2.53. The molecule has 0 heterocycles. The van der Waals surface area contributed by atoms with Gasteiger partial charge in [0.2, 0.25) is 0 Å². The second-order valence-corrected chi connectivity index (χ2v) is 2.00. The number of para-hydroxylation sites is 2. The molecule has 0 spiro atoms. The highest BCUT2D eigenvalue weighted by Gasteiger charge is 2.21. The summed E-state index contributed by atoms with van der Waals surface area (Å²) in [6.07, 6.45) is 0. The maximum atomic E-state index is 10.2. The predicted molar refractivity (Wildman–Crippen MR) is 46.4 cm³/mol. The Bertz CT molecular complexity index is 341. The Morgan fingerprint density at radius 3 is 1.50 bits per heavy atom. The van der Waals surface area contributed by atoms with Gasteiger partial charge in [0.15, 0.2) is 0 Å². The van der Waals surface area contributed by atoms with Gasteiger partial charge in [0.1, 0.15) is 0 Å². The molecule has 0 aliphatic carbocycles. The van der Waals surface area contributed by atoms with Gasteiger partial charge >= 0.3 is 11.4 Å². The lowest BCUT2D eigenvalue weighted by Gasteiger charge is -1.91. The molecule has 0 radical (unpaired) electrons. The molecule has 72 valence electrons. The summed E-state index contributed by atoms with van der Waals surface area (Å²) in [6, 6.07) is 4.95. The van der Waals surface area contributed by atoms with E-state index >= 15 is 0 Å². The molecule has 1 aromatic carbocycles. The van der Waals surface area contributed by atoms with E-state index in [4.69, 9.17) is 5.26 Å². The molecular weight excluding hydrogens is 190 g/mol. The van der Waals surface area contributed by atoms with Crippen molar-refractivity contribution in [2.75, 3.05) is 0 Å². The molecule has 1 aromatic rings. The van der Waals surface area contributed by atoms with Crippen LogP contribution in [0.1, 0.15) is 0 Å². The van der Waals surface area contributed by atoms with Gasteiger partial charge in [-0.2, -0.15) is 0 Å². The number of nitro benzene ring substituents is 2. The summed E-state index contributed by atoms with van der Waals surface area (Å²) in [6.45, 7) is 3.50. The molecule has 0 aromatic heterocycles. The molecule has 0 saturated carbocycles. The topological polar surface area (TPSA) is 110 Å². The smallest absolute Gasteiger partial charge is 0.258 e. The molecule has 1 rings (SSSR count). The Balaban J connectivity index is 0.000000791. The van der Waals surface area contributed by atoms with Crippen LogP contribution in [0.2, 0.25) is 0 Å². The van der Waals surface area contributed by atoms with Gasteiger partial charge in [-0.25, -0.2) is 5.26 Å². The zero-order valence-electron chi connectivity index (χ0n) is 6.86. The second-order valence-electron chi connectivity index (χ2n) is 2.00. The van der Waals surface area contributed by atoms with Gasteiger partial charge in [0, 0.05) is 18.7 Å². The van der Waals surface area contributed by atoms with Crippen LogP contribution < -0.4 is 0 Å². The van der Waals surface area contributed by atoms with E-state index in [1.807, 2.05) is 0 Å². The number of rotatable bonds is 2. The fourth-order valence-electron chi connectivity index (χ4n) is 0.773. The van der Waals surface area contributed by atoms with E-state index in [0.29, 0.717) is 0 Å². The summed E-state index contributed by atoms with van der Waals surface area (Å²) in [4.78, 5) is 18.9. The molecule has 0 fully saturated rings. The van der Waals surface area contributed by atoms with Crippen LogP contribution in [0.5, 0.6) is 0 Å². The third-order valence-electron chi connectivity index (χ3n) is 1.28. The molecule has 0 amide bonds. The minimum Gasteiger partial charge on any atom is -0.258 e. The molecule has 0 aliphatic rings. The number of hydrogen-bond donors (Lipinski definition) is 0. The van der Waals surface area contributed by atoms with Gasteiger partial charge in [0.05, 0.1) is 9.85 Å². The van der Waals surface area contributed by atoms with E-state index in [0.717, 1.165) is 12.1 Å². The molecule has 14 heavy (non-hydrogen) atoms. The lowest BCUT2D eigenvalue weighted by Crippen LogP contribution is -1.95. The largest absolute Gasteiger partial charge is 0.346 e. The minimum atomic E-state index is -0.780. The van der Waals surface area contributed by atoms with Crippen molar-refractivity contribution in [3.05, 3.63) is 44.5 Å². The number of nitro groups is 2. The highest BCUT2D eigenvalue weighted by molar-refractivity contribution is 5.51. The Hall–Kier alpha value is -2.49. The van der Waals surface area contributed by atoms with Crippen LogP contribution in [0.3, 0.4) is 0 Å². The van der Waals surface area contributed by atoms with E-state index in [1.54, 1.807) is 0 Å². The van der Waals surface area contributed by atoms with Crippen molar-refractivity contribution >= 4 is 11.4 Å². The monoisotopic (exact) mass is 195 g/mol. The van der Waals surface area contributed by atoms with Crippen molar-refractivity contribution in [3.63, 3.8) is 0 Å². The fraction of sp³-hybridized carbons (Fsp3) is 0. The van der Waals surface area contributed by atoms with Gasteiger partial charge in [-0.15, -0.1) is 0 Å². The van der Waals surface area contributed by atoms with Crippen LogP contribution >= 0.6 is 0 Å². The van der Waals surface area contributed by atoms with Crippen LogP contribution in [0.25, 0.3) is 0 Å². The van der Waals surface area contributed by atoms with Crippen LogP contribution in [0.15, 0.2) is 24.3 Å². The summed E-state index contributed by atoms with van der Waals surface area (Å²) in [5.74, 6) is 0. The summed E-state index contributed by atoms with van der Waals surface area (Å²) >= 11 is 0. The summed E-state index contributed by atoms with van der Waals surface area (Å²) in [5, 5.41) is 27.0. The summed E-state index contributed by atoms with van der Waals surface area (Å²) < 4.78 is 0. The lowest BCUT2D eigenvalue weighted by atomic mass is 10.3. The van der Waals surface area contributed by atoms with Gasteiger partial charge < -0.3 is 0 Å². The van der Waals surface area contributed by atoms with E-state index in [9.17, 15) is 20.2 Å². The molecule has 0 N–H and O–H groups in total. The van der Waals surface area contributed by atoms with E-state index < -0.39 is 21.2 Å². The van der Waals surface area contributed by atoms with Gasteiger partial charge in [-0.3, -0.25) is 20.2 Å². The Morgan fingerprint density at radius 1 is 1.00 bits per heavy atom. The number of hydrogen-bond acceptors (Lipinski definition) is 5. The second kappa shape index (κ2) is 5.21. The van der Waals surface area contributed by atoms with Crippen LogP contribution in [0.4, 0.5) is 11.4 Å². The predicted octanol–water partition coefficient (Wildman–Crippen LogP) is 1.64. The highest BCUT2D eigenvalue weighted by Crippen LogP contribution is 2.24. The number of nitrogens with zero attached hydrogens (tertiary/aromatic N) is 3. The van der Waals surface area contributed by atoms with Crippen molar-refractivity contribution in [1.82, 2.24) is 0 Å². The SMILES string of the molecule is C#N.O=[N+]([O-])c1ccccc1[N+](=O)[O-]. The van der Waals surface area contributed by atoms with Crippen molar-refractivity contribution in [1.29, 1.82) is 5.26 Å². The van der Waals surface area contributed by atoms with Gasteiger partial charge in [0.25, 0.3) is 0 Å². The van der Waals surface area contributed by atoms with E-state index in [-0.39, 0.29) is 0 Å². The van der Waals surface area contributed by atoms with Gasteiger partial charge in [-0.05, 0) is 0 Å². The van der Waals surface area contributed by atoms with Crippen molar-refractivity contribution in [2.24, 2.45) is 0 Å². The van der Waals surface area contributed by atoms with Crippen molar-refractivity contribution < 1.29 is 9.85 Å². The first-order chi connectivity index (χ1) is 6.63. The highest BCUT2D eigenvalue weighted by atomic mass is 16.6. The molecule has 0 bridgehead atoms. The molecule has 0 aliphatic heterocycles. The van der Waals surface area contributed by atoms with Crippen LogP contribution in [-0.2, 0) is 0 Å². The van der Waals surface area contributed by atoms with Gasteiger partial charge in [-0.1, -0.05) is 12.1 Å². The average Bonchev–Trinajstić information content (AvgIpc) is 2.20. The quantitative estimate of drug-likeness (QED) is 0.526. The lowest BCUT2D eigenvalue weighted by molar-refractivity contribution is -0.422. The zero-order valence-corrected chi connectivity index (χ0v) is 6.86. The molecule has 0 unspecified atom stereocenters. The molecule has 0 atom stereocenters. The first-order valence-electron chi connectivity index (χ1n) is 3.26. The van der Waals surface area contributed by atoms with Crippen LogP contribution in [-0.4, -0.2) is 9.85 Å². The molecule has 0 saturated heterocycles. The Labute approximate surface area is 78.5 Å². The average molecular weight is 195 g/mol. The summed E-state index contributed by atoms with van der Waals surface area (Å²) in [7, 11) is 0. The molecule has 7 heteroatoms. The Kier molecular flexibility index (Phi) is 4.28. The first-order valence-corrected chi connectivity index (χ1v) is 3.26. The van der Waals surface area contributed by atoms with Crippen molar-refractivity contribution in [2.45, 2.75) is 0 Å². The van der Waals surface area contributed by atoms with E-state index in [1.165, 1.54) is 12.1 Å². The standard InChI is InChI=1S/C6H4N2O4.CHN/c9-7(10)5-3-1-2-4-6(5)8(11)12;1-2/h1-4H;1H. The molecule has 7 nitrogen and oxygen atoms in total. The number of nitriles is 1. The van der Waals surface area contributed by atoms with Crippen LogP contribution in [0, 0.1) is 32.1 Å². The maximum Gasteiger partial charge on any atom is 0.346 e. The fourth-order valence-corrected chi connectivity index (χ4v) is 0.773.